The Balaban J connectivity index is 1.60. The summed E-state index contributed by atoms with van der Waals surface area (Å²) < 4.78 is 97.1. The molecule has 4 rings (SSSR count). The molecule has 0 saturated carbocycles. The Morgan fingerprint density at radius 2 is 1.79 bits per heavy atom. The summed E-state index contributed by atoms with van der Waals surface area (Å²) in [5.74, 6) is -9.31. The van der Waals surface area contributed by atoms with Gasteiger partial charge < -0.3 is 30.8 Å². The van der Waals surface area contributed by atoms with Gasteiger partial charge in [0.05, 0.1) is 17.8 Å². The first-order valence-electron chi connectivity index (χ1n) is 11.9. The number of carbonyl (C=O) groups excluding carboxylic acids is 3. The summed E-state index contributed by atoms with van der Waals surface area (Å²) in [5, 5.41) is 19.9. The molecule has 1 atom stereocenters. The van der Waals surface area contributed by atoms with Crippen molar-refractivity contribution in [1.29, 1.82) is 0 Å². The van der Waals surface area contributed by atoms with Crippen LogP contribution in [-0.4, -0.2) is 63.9 Å². The molecule has 3 amide bonds. The number of carbonyl (C=O) groups is 3. The molecule has 11 nitrogen and oxygen atoms in total. The number of halogens is 7. The molecular weight excluding hydrogens is 603 g/mol. The highest BCUT2D eigenvalue weighted by atomic mass is 32.1. The second-order valence-electron chi connectivity index (χ2n) is 8.98. The molecule has 3 N–H and O–H groups in total. The van der Waals surface area contributed by atoms with E-state index < -0.39 is 83.3 Å². The minimum absolute atomic E-state index is 0.0481. The average molecular weight is 623 g/mol. The van der Waals surface area contributed by atoms with E-state index in [2.05, 4.69) is 15.4 Å². The number of nitrogens with zero attached hydrogens (tertiary/aromatic N) is 4. The molecule has 42 heavy (non-hydrogen) atoms. The van der Waals surface area contributed by atoms with Gasteiger partial charge in [0.2, 0.25) is 0 Å². The van der Waals surface area contributed by atoms with Gasteiger partial charge in [-0.25, -0.2) is 22.5 Å². The number of nitrogens with one attached hydrogen (secondary N) is 3. The van der Waals surface area contributed by atoms with E-state index in [0.29, 0.717) is 11.3 Å². The maximum absolute atomic E-state index is 14.7. The van der Waals surface area contributed by atoms with Gasteiger partial charge in [0, 0.05) is 26.6 Å². The fraction of sp³-hybridized carbons (Fsp3) is 0.348. The number of alkyl halides is 5. The number of aromatic nitrogens is 3. The Bertz CT molecular complexity index is 1500. The maximum atomic E-state index is 14.7. The van der Waals surface area contributed by atoms with Gasteiger partial charge in [-0.3, -0.25) is 14.3 Å². The first-order chi connectivity index (χ1) is 19.6. The lowest BCUT2D eigenvalue weighted by Gasteiger charge is -2.25. The highest BCUT2D eigenvalue weighted by Gasteiger charge is 2.47. The lowest BCUT2D eigenvalue weighted by atomic mass is 10.1. The third kappa shape index (κ3) is 6.39. The molecule has 1 aromatic carbocycles. The number of amides is 3. The van der Waals surface area contributed by atoms with E-state index in [1.54, 1.807) is 0 Å². The highest BCUT2D eigenvalue weighted by Crippen LogP contribution is 2.37. The third-order valence-electron chi connectivity index (χ3n) is 6.16. The lowest BCUT2D eigenvalue weighted by molar-refractivity contribution is -0.242. The van der Waals surface area contributed by atoms with Crippen LogP contribution in [0.25, 0.3) is 10.6 Å². The fourth-order valence-electron chi connectivity index (χ4n) is 4.23. The second-order valence-corrected chi connectivity index (χ2v) is 9.98. The van der Waals surface area contributed by atoms with Crippen molar-refractivity contribution in [3.05, 3.63) is 41.7 Å². The molecule has 0 spiro atoms. The standard InChI is InChI=1S/C23H20F7N7O4S/c1-36-19(37-7-5-13(22(26,27)6-8-37)33-20(39)23(28,29)30)12(9-31-36)32-16(38)15-18(35-21(40)41)42-17(34-15)14-10(24)3-2-4-11(14)25/h2-4,9,13,35H,5-8H2,1H3,(H,32,38)(H,33,39)(H,40,41)/p-1. The van der Waals surface area contributed by atoms with Crippen LogP contribution in [0.1, 0.15) is 23.3 Å². The van der Waals surface area contributed by atoms with E-state index in [1.807, 2.05) is 5.32 Å². The summed E-state index contributed by atoms with van der Waals surface area (Å²) in [4.78, 5) is 40.9. The van der Waals surface area contributed by atoms with Crippen molar-refractivity contribution in [2.45, 2.75) is 31.0 Å². The minimum Gasteiger partial charge on any atom is -0.530 e. The summed E-state index contributed by atoms with van der Waals surface area (Å²) in [6.07, 6.45) is -7.66. The number of carboxylic acid groups (broad SMARTS) is 1. The first kappa shape index (κ1) is 30.5. The molecule has 0 radical (unpaired) electrons. The van der Waals surface area contributed by atoms with Gasteiger partial charge in [0.15, 0.2) is 11.5 Å². The van der Waals surface area contributed by atoms with E-state index in [1.165, 1.54) is 21.9 Å². The van der Waals surface area contributed by atoms with E-state index in [9.17, 15) is 50.2 Å². The van der Waals surface area contributed by atoms with Crippen LogP contribution in [0.5, 0.6) is 0 Å². The van der Waals surface area contributed by atoms with E-state index in [4.69, 9.17) is 0 Å². The average Bonchev–Trinajstić information content (AvgIpc) is 3.41. The Kier molecular flexibility index (Phi) is 8.33. The quantitative estimate of drug-likeness (QED) is 0.359. The van der Waals surface area contributed by atoms with Crippen LogP contribution in [0.3, 0.4) is 0 Å². The number of benzene rings is 1. The molecule has 0 bridgehead atoms. The van der Waals surface area contributed by atoms with Crippen molar-refractivity contribution >= 4 is 45.8 Å². The van der Waals surface area contributed by atoms with Crippen LogP contribution in [0.4, 0.5) is 52.0 Å². The Labute approximate surface area is 235 Å². The molecule has 0 aliphatic carbocycles. The van der Waals surface area contributed by atoms with Crippen molar-refractivity contribution in [1.82, 2.24) is 20.1 Å². The topological polar surface area (TPSA) is 144 Å². The minimum atomic E-state index is -5.36. The van der Waals surface area contributed by atoms with Crippen molar-refractivity contribution < 1.29 is 50.2 Å². The number of aryl methyl sites for hydroxylation is 1. The van der Waals surface area contributed by atoms with Crippen LogP contribution in [0.15, 0.2) is 24.4 Å². The van der Waals surface area contributed by atoms with Crippen LogP contribution >= 0.6 is 11.3 Å². The molecule has 1 aliphatic heterocycles. The monoisotopic (exact) mass is 622 g/mol. The highest BCUT2D eigenvalue weighted by molar-refractivity contribution is 7.19. The van der Waals surface area contributed by atoms with Crippen LogP contribution in [-0.2, 0) is 11.8 Å². The Morgan fingerprint density at radius 1 is 1.12 bits per heavy atom. The smallest absolute Gasteiger partial charge is 0.471 e. The summed E-state index contributed by atoms with van der Waals surface area (Å²) in [7, 11) is 1.39. The first-order valence-corrected chi connectivity index (χ1v) is 12.7. The van der Waals surface area contributed by atoms with Gasteiger partial charge in [-0.05, 0) is 18.6 Å². The normalized spacial score (nSPS) is 17.0. The molecule has 1 saturated heterocycles. The molecule has 2 aromatic heterocycles. The molecule has 1 unspecified atom stereocenters. The van der Waals surface area contributed by atoms with Crippen LogP contribution in [0, 0.1) is 11.6 Å². The summed E-state index contributed by atoms with van der Waals surface area (Å²) in [6, 6.07) is 0.812. The maximum Gasteiger partial charge on any atom is 0.471 e. The summed E-state index contributed by atoms with van der Waals surface area (Å²) in [6.45, 7) is -0.704. The van der Waals surface area contributed by atoms with Gasteiger partial charge in [-0.1, -0.05) is 17.4 Å². The molecule has 1 fully saturated rings. The predicted molar refractivity (Wildman–Crippen MR) is 132 cm³/mol. The number of hydrogen-bond donors (Lipinski definition) is 3. The number of thiazole rings is 1. The second kappa shape index (κ2) is 11.5. The van der Waals surface area contributed by atoms with Gasteiger partial charge in [0.25, 0.3) is 11.8 Å². The van der Waals surface area contributed by atoms with Crippen LogP contribution < -0.4 is 26.0 Å². The van der Waals surface area contributed by atoms with E-state index in [-0.39, 0.29) is 23.1 Å². The number of anilines is 3. The van der Waals surface area contributed by atoms with Crippen molar-refractivity contribution in [2.24, 2.45) is 7.05 Å². The third-order valence-corrected chi connectivity index (χ3v) is 7.15. The zero-order valence-electron chi connectivity index (χ0n) is 21.2. The molecule has 3 aromatic rings. The zero-order chi connectivity index (χ0) is 31.0. The number of hydrogen-bond acceptors (Lipinski definition) is 8. The largest absolute Gasteiger partial charge is 0.530 e. The van der Waals surface area contributed by atoms with E-state index >= 15 is 0 Å². The SMILES string of the molecule is Cn1ncc(NC(=O)c2nc(-c3c(F)cccc3F)sc2NC(=O)[O-])c1N1CCC(NC(=O)C(F)(F)F)C(F)(F)CC1. The zero-order valence-corrected chi connectivity index (χ0v) is 22.0. The van der Waals surface area contributed by atoms with Crippen LogP contribution in [0.2, 0.25) is 0 Å². The molecule has 3 heterocycles. The lowest BCUT2D eigenvalue weighted by Crippen LogP contribution is -2.51. The Morgan fingerprint density at radius 3 is 2.40 bits per heavy atom. The molecular formula is C23H19F7N7O4S-. The van der Waals surface area contributed by atoms with Crippen molar-refractivity contribution in [3.63, 3.8) is 0 Å². The predicted octanol–water partition coefficient (Wildman–Crippen LogP) is 3.11. The van der Waals surface area contributed by atoms with Crippen molar-refractivity contribution in [2.75, 3.05) is 28.6 Å². The Hall–Kier alpha value is -4.42. The molecule has 19 heteroatoms. The number of rotatable bonds is 6. The van der Waals surface area contributed by atoms with Crippen molar-refractivity contribution in [3.8, 4) is 10.6 Å². The van der Waals surface area contributed by atoms with Gasteiger partial charge in [-0.15, -0.1) is 0 Å². The fourth-order valence-corrected chi connectivity index (χ4v) is 5.23. The summed E-state index contributed by atoms with van der Waals surface area (Å²) >= 11 is 0.442. The van der Waals surface area contributed by atoms with Gasteiger partial charge in [0.1, 0.15) is 33.4 Å². The molecule has 226 valence electrons. The summed E-state index contributed by atoms with van der Waals surface area (Å²) in [5.41, 5.74) is -1.31. The van der Waals surface area contributed by atoms with Gasteiger partial charge in [-0.2, -0.15) is 18.3 Å². The van der Waals surface area contributed by atoms with Gasteiger partial charge >= 0.3 is 12.1 Å². The molecule has 1 aliphatic rings. The van der Waals surface area contributed by atoms with E-state index in [0.717, 1.165) is 24.4 Å².